The summed E-state index contributed by atoms with van der Waals surface area (Å²) in [4.78, 5) is 36.7. The van der Waals surface area contributed by atoms with Crippen LogP contribution in [0.25, 0.3) is 0 Å². The van der Waals surface area contributed by atoms with Crippen LogP contribution in [0.2, 0.25) is 18.1 Å². The van der Waals surface area contributed by atoms with E-state index in [1.54, 1.807) is 6.07 Å². The van der Waals surface area contributed by atoms with Gasteiger partial charge >= 0.3 is 5.97 Å². The van der Waals surface area contributed by atoms with Gasteiger partial charge in [0.1, 0.15) is 17.9 Å². The van der Waals surface area contributed by atoms with Crippen LogP contribution < -0.4 is 10.6 Å². The minimum absolute atomic E-state index is 0.0124. The Morgan fingerprint density at radius 1 is 1.13 bits per heavy atom. The van der Waals surface area contributed by atoms with Crippen molar-refractivity contribution < 1.29 is 27.9 Å². The molecule has 174 valence electrons. The number of benzene rings is 1. The number of carbonyl (C=O) groups is 3. The molecule has 0 saturated carbocycles. The Balaban J connectivity index is 2.88. The second kappa shape index (κ2) is 11.4. The lowest BCUT2D eigenvalue weighted by Gasteiger charge is -2.36. The molecule has 0 saturated heterocycles. The van der Waals surface area contributed by atoms with Gasteiger partial charge in [-0.25, -0.2) is 9.18 Å². The maximum absolute atomic E-state index is 13.5. The van der Waals surface area contributed by atoms with Crippen LogP contribution >= 0.6 is 0 Å². The molecule has 0 aliphatic carbocycles. The fourth-order valence-electron chi connectivity index (χ4n) is 2.67. The zero-order chi connectivity index (χ0) is 23.8. The van der Waals surface area contributed by atoms with Gasteiger partial charge < -0.3 is 19.8 Å². The number of esters is 1. The second-order valence-corrected chi connectivity index (χ2v) is 13.9. The van der Waals surface area contributed by atoms with E-state index >= 15 is 0 Å². The molecule has 0 heterocycles. The number of methoxy groups -OCH3 is 1. The highest BCUT2D eigenvalue weighted by atomic mass is 28.4. The van der Waals surface area contributed by atoms with E-state index in [2.05, 4.69) is 44.5 Å². The molecular formula is C22H35FN2O5Si. The molecule has 0 fully saturated rings. The molecule has 0 aliphatic rings. The van der Waals surface area contributed by atoms with Crippen LogP contribution in [-0.4, -0.2) is 51.9 Å². The third-order valence-electron chi connectivity index (χ3n) is 5.50. The van der Waals surface area contributed by atoms with Crippen molar-refractivity contribution >= 4 is 26.1 Å². The predicted octanol–water partition coefficient (Wildman–Crippen LogP) is 2.94. The van der Waals surface area contributed by atoms with E-state index < -0.39 is 44.0 Å². The number of carbonyl (C=O) groups excluding carboxylic acids is 3. The SMILES string of the molecule is COC(=O)[C@H](CCO[Si](C)(C)C(C)(C)C)NC(=O)[C@@H](Cc1cccc(F)c1)NC(C)=O. The van der Waals surface area contributed by atoms with E-state index in [0.717, 1.165) is 0 Å². The molecule has 0 radical (unpaired) electrons. The van der Waals surface area contributed by atoms with Gasteiger partial charge in [-0.2, -0.15) is 0 Å². The van der Waals surface area contributed by atoms with Gasteiger partial charge in [-0.15, -0.1) is 0 Å². The summed E-state index contributed by atoms with van der Waals surface area (Å²) in [6.45, 7) is 12.1. The Morgan fingerprint density at radius 3 is 2.29 bits per heavy atom. The monoisotopic (exact) mass is 454 g/mol. The maximum Gasteiger partial charge on any atom is 0.328 e. The molecule has 2 N–H and O–H groups in total. The highest BCUT2D eigenvalue weighted by Gasteiger charge is 2.37. The van der Waals surface area contributed by atoms with E-state index in [0.29, 0.717) is 5.56 Å². The Morgan fingerprint density at radius 2 is 1.77 bits per heavy atom. The first-order chi connectivity index (χ1) is 14.3. The van der Waals surface area contributed by atoms with Crippen LogP contribution in [0.4, 0.5) is 4.39 Å². The maximum atomic E-state index is 13.5. The van der Waals surface area contributed by atoms with Crippen molar-refractivity contribution in [2.45, 2.75) is 70.8 Å². The highest BCUT2D eigenvalue weighted by molar-refractivity contribution is 6.74. The quantitative estimate of drug-likeness (QED) is 0.419. The Bertz CT molecular complexity index is 779. The van der Waals surface area contributed by atoms with E-state index in [1.165, 1.54) is 32.2 Å². The number of amides is 2. The molecule has 2 amide bonds. The number of rotatable bonds is 10. The average molecular weight is 455 g/mol. The first-order valence-corrected chi connectivity index (χ1v) is 13.2. The van der Waals surface area contributed by atoms with Crippen LogP contribution in [-0.2, 0) is 30.0 Å². The topological polar surface area (TPSA) is 93.7 Å². The van der Waals surface area contributed by atoms with Crippen molar-refractivity contribution in [3.63, 3.8) is 0 Å². The first kappa shape index (κ1) is 26.8. The fraction of sp³-hybridized carbons (Fsp3) is 0.591. The van der Waals surface area contributed by atoms with Crippen LogP contribution in [0, 0.1) is 5.82 Å². The van der Waals surface area contributed by atoms with E-state index in [4.69, 9.17) is 9.16 Å². The molecule has 2 atom stereocenters. The smallest absolute Gasteiger partial charge is 0.328 e. The second-order valence-electron chi connectivity index (χ2n) is 9.07. The van der Waals surface area contributed by atoms with Crippen molar-refractivity contribution in [3.8, 4) is 0 Å². The molecule has 7 nitrogen and oxygen atoms in total. The molecule has 0 aromatic heterocycles. The van der Waals surface area contributed by atoms with Gasteiger partial charge in [-0.1, -0.05) is 32.9 Å². The lowest BCUT2D eigenvalue weighted by Crippen LogP contribution is -2.53. The average Bonchev–Trinajstić information content (AvgIpc) is 2.64. The van der Waals surface area contributed by atoms with Gasteiger partial charge in [0, 0.05) is 26.4 Å². The normalized spacial score (nSPS) is 13.8. The Kier molecular flexibility index (Phi) is 9.83. The van der Waals surface area contributed by atoms with Gasteiger partial charge in [0.15, 0.2) is 8.32 Å². The number of ether oxygens (including phenoxy) is 1. The minimum Gasteiger partial charge on any atom is -0.467 e. The fourth-order valence-corrected chi connectivity index (χ4v) is 3.73. The minimum atomic E-state index is -2.01. The third-order valence-corrected chi connectivity index (χ3v) is 10.0. The van der Waals surface area contributed by atoms with Gasteiger partial charge in [-0.3, -0.25) is 9.59 Å². The van der Waals surface area contributed by atoms with Crippen LogP contribution in [0.15, 0.2) is 24.3 Å². The summed E-state index contributed by atoms with van der Waals surface area (Å²) in [5.41, 5.74) is 0.546. The van der Waals surface area contributed by atoms with Crippen molar-refractivity contribution in [1.29, 1.82) is 0 Å². The highest BCUT2D eigenvalue weighted by Crippen LogP contribution is 2.36. The standard InChI is InChI=1S/C22H35FN2O5Si/c1-15(26)24-19(14-16-9-8-10-17(23)13-16)20(27)25-18(21(28)29-5)11-12-30-31(6,7)22(2,3)4/h8-10,13,18-19H,11-12,14H2,1-7H3,(H,24,26)(H,25,27)/t18-,19+/m0/s1. The van der Waals surface area contributed by atoms with E-state index in [9.17, 15) is 18.8 Å². The van der Waals surface area contributed by atoms with Gasteiger partial charge in [-0.05, 0) is 35.8 Å². The Labute approximate surface area is 185 Å². The lowest BCUT2D eigenvalue weighted by atomic mass is 10.0. The zero-order valence-electron chi connectivity index (χ0n) is 19.5. The van der Waals surface area contributed by atoms with Crippen LogP contribution in [0.3, 0.4) is 0 Å². The number of hydrogen-bond donors (Lipinski definition) is 2. The molecule has 31 heavy (non-hydrogen) atoms. The largest absolute Gasteiger partial charge is 0.467 e. The van der Waals surface area contributed by atoms with Gasteiger partial charge in [0.05, 0.1) is 7.11 Å². The van der Waals surface area contributed by atoms with Crippen molar-refractivity contribution in [3.05, 3.63) is 35.6 Å². The molecule has 0 aliphatic heterocycles. The van der Waals surface area contributed by atoms with E-state index in [1.807, 2.05) is 0 Å². The molecule has 9 heteroatoms. The predicted molar refractivity (Wildman–Crippen MR) is 119 cm³/mol. The summed E-state index contributed by atoms with van der Waals surface area (Å²) < 4.78 is 24.4. The molecule has 1 rings (SSSR count). The molecule has 0 spiro atoms. The molecule has 1 aromatic rings. The van der Waals surface area contributed by atoms with Crippen molar-refractivity contribution in [1.82, 2.24) is 10.6 Å². The third kappa shape index (κ3) is 8.78. The van der Waals surface area contributed by atoms with Gasteiger partial charge in [0.25, 0.3) is 0 Å². The van der Waals surface area contributed by atoms with E-state index in [-0.39, 0.29) is 24.5 Å². The summed E-state index contributed by atoms with van der Waals surface area (Å²) >= 11 is 0. The Hall–Kier alpha value is -2.26. The summed E-state index contributed by atoms with van der Waals surface area (Å²) in [5.74, 6) is -2.00. The zero-order valence-corrected chi connectivity index (χ0v) is 20.5. The number of halogens is 1. The lowest BCUT2D eigenvalue weighted by molar-refractivity contribution is -0.145. The van der Waals surface area contributed by atoms with Gasteiger partial charge in [0.2, 0.25) is 11.8 Å². The number of hydrogen-bond acceptors (Lipinski definition) is 5. The molecule has 1 aromatic carbocycles. The van der Waals surface area contributed by atoms with Crippen molar-refractivity contribution in [2.75, 3.05) is 13.7 Å². The van der Waals surface area contributed by atoms with Crippen LogP contribution in [0.5, 0.6) is 0 Å². The van der Waals surface area contributed by atoms with Crippen molar-refractivity contribution in [2.24, 2.45) is 0 Å². The summed E-state index contributed by atoms with van der Waals surface area (Å²) in [6.07, 6.45) is 0.315. The molecule has 0 unspecified atom stereocenters. The summed E-state index contributed by atoms with van der Waals surface area (Å²) in [7, 11) is -0.770. The molecular weight excluding hydrogens is 419 g/mol. The summed E-state index contributed by atoms with van der Waals surface area (Å²) in [6, 6.07) is 3.90. The number of nitrogens with one attached hydrogen (secondary N) is 2. The van der Waals surface area contributed by atoms with Crippen LogP contribution in [0.1, 0.15) is 39.7 Å². The summed E-state index contributed by atoms with van der Waals surface area (Å²) in [5, 5.41) is 5.22. The first-order valence-electron chi connectivity index (χ1n) is 10.3. The molecule has 0 bridgehead atoms.